The van der Waals surface area contributed by atoms with Gasteiger partial charge >= 0.3 is 6.18 Å². The monoisotopic (exact) mass is 528 g/mol. The SMILES string of the molecule is COc1ccc(C(N)=O)cc1N.C\C(=C/C=C\C=C\NC(=O)c1cc2ccccc2c(N)c1O)C(F)(F)F. The summed E-state index contributed by atoms with van der Waals surface area (Å²) in [5.41, 5.74) is 16.6. The number of phenols is 1. The number of nitrogen functional groups attached to an aromatic ring is 2. The van der Waals surface area contributed by atoms with Crippen molar-refractivity contribution in [3.63, 3.8) is 0 Å². The van der Waals surface area contributed by atoms with Crippen molar-refractivity contribution in [2.45, 2.75) is 13.1 Å². The molecule has 8 N–H and O–H groups in total. The first kappa shape index (κ1) is 29.3. The Hall–Kier alpha value is -4.93. The number of benzene rings is 3. The molecule has 200 valence electrons. The lowest BCUT2D eigenvalue weighted by Crippen LogP contribution is -2.17. The molecular weight excluding hydrogens is 501 g/mol. The maximum Gasteiger partial charge on any atom is 0.412 e. The van der Waals surface area contributed by atoms with E-state index in [0.717, 1.165) is 13.0 Å². The van der Waals surface area contributed by atoms with E-state index >= 15 is 0 Å². The van der Waals surface area contributed by atoms with E-state index in [4.69, 9.17) is 21.9 Å². The van der Waals surface area contributed by atoms with E-state index in [1.807, 2.05) is 0 Å². The zero-order valence-corrected chi connectivity index (χ0v) is 20.5. The number of carbonyl (C=O) groups is 2. The molecule has 2 amide bonds. The fourth-order valence-corrected chi connectivity index (χ4v) is 3.04. The molecule has 0 aromatic heterocycles. The number of halogens is 3. The van der Waals surface area contributed by atoms with E-state index in [1.54, 1.807) is 36.4 Å². The average molecular weight is 529 g/mol. The number of alkyl halides is 3. The normalized spacial score (nSPS) is 11.9. The zero-order chi connectivity index (χ0) is 28.5. The molecule has 38 heavy (non-hydrogen) atoms. The van der Waals surface area contributed by atoms with Crippen LogP contribution in [0, 0.1) is 0 Å². The summed E-state index contributed by atoms with van der Waals surface area (Å²) in [5, 5.41) is 13.9. The van der Waals surface area contributed by atoms with Crippen molar-refractivity contribution in [1.82, 2.24) is 5.32 Å². The number of nitrogens with two attached hydrogens (primary N) is 3. The highest BCUT2D eigenvalue weighted by molar-refractivity contribution is 6.07. The number of anilines is 2. The minimum Gasteiger partial charge on any atom is -0.505 e. The number of primary amides is 1. The molecule has 3 aromatic rings. The molecule has 0 radical (unpaired) electrons. The van der Waals surface area contributed by atoms with E-state index in [-0.39, 0.29) is 17.0 Å². The molecule has 0 bridgehead atoms. The van der Waals surface area contributed by atoms with Crippen LogP contribution in [0.3, 0.4) is 0 Å². The van der Waals surface area contributed by atoms with Crippen LogP contribution in [-0.4, -0.2) is 30.2 Å². The summed E-state index contributed by atoms with van der Waals surface area (Å²) in [6.45, 7) is 0.961. The molecule has 3 rings (SSSR count). The number of carbonyl (C=O) groups excluding carboxylic acids is 2. The number of amides is 2. The summed E-state index contributed by atoms with van der Waals surface area (Å²) in [5.74, 6) is -0.871. The lowest BCUT2D eigenvalue weighted by atomic mass is 10.0. The van der Waals surface area contributed by atoms with Gasteiger partial charge in [0.2, 0.25) is 5.91 Å². The Balaban J connectivity index is 0.000000352. The highest BCUT2D eigenvalue weighted by atomic mass is 19.4. The maximum absolute atomic E-state index is 12.3. The first-order valence-corrected chi connectivity index (χ1v) is 11.0. The first-order valence-electron chi connectivity index (χ1n) is 11.0. The van der Waals surface area contributed by atoms with Gasteiger partial charge in [-0.25, -0.2) is 0 Å². The zero-order valence-electron chi connectivity index (χ0n) is 20.5. The highest BCUT2D eigenvalue weighted by Crippen LogP contribution is 2.33. The topological polar surface area (TPSA) is 154 Å². The number of phenolic OH excluding ortho intramolecular Hbond substituents is 1. The Morgan fingerprint density at radius 2 is 1.71 bits per heavy atom. The predicted octanol–water partition coefficient (Wildman–Crippen LogP) is 4.81. The van der Waals surface area contributed by atoms with Gasteiger partial charge < -0.3 is 32.4 Å². The largest absolute Gasteiger partial charge is 0.505 e. The van der Waals surface area contributed by atoms with Crippen LogP contribution >= 0.6 is 0 Å². The summed E-state index contributed by atoms with van der Waals surface area (Å²) < 4.78 is 41.8. The molecule has 0 aliphatic heterocycles. The molecule has 0 atom stereocenters. The lowest BCUT2D eigenvalue weighted by Gasteiger charge is -2.09. The molecule has 0 saturated heterocycles. The van der Waals surface area contributed by atoms with Crippen molar-refractivity contribution in [2.75, 3.05) is 18.6 Å². The van der Waals surface area contributed by atoms with E-state index < -0.39 is 23.6 Å². The molecule has 3 aromatic carbocycles. The fraction of sp³-hybridized carbons (Fsp3) is 0.111. The van der Waals surface area contributed by atoms with Crippen molar-refractivity contribution < 1.29 is 32.6 Å². The summed E-state index contributed by atoms with van der Waals surface area (Å²) in [4.78, 5) is 22.8. The lowest BCUT2D eigenvalue weighted by molar-refractivity contribution is -0.0913. The summed E-state index contributed by atoms with van der Waals surface area (Å²) >= 11 is 0. The number of allylic oxidation sites excluding steroid dienone is 5. The Kier molecular flexibility index (Phi) is 9.91. The van der Waals surface area contributed by atoms with Crippen LogP contribution < -0.4 is 27.3 Å². The van der Waals surface area contributed by atoms with Gasteiger partial charge in [0.05, 0.1) is 24.0 Å². The highest BCUT2D eigenvalue weighted by Gasteiger charge is 2.29. The van der Waals surface area contributed by atoms with E-state index in [2.05, 4.69) is 5.32 Å². The molecule has 0 heterocycles. The number of rotatable bonds is 6. The Morgan fingerprint density at radius 3 is 2.32 bits per heavy atom. The standard InChI is InChI=1S/C19H17F3N2O2.C8H10N2O2/c1-12(19(20,21)22)7-3-2-6-10-24-18(26)15-11-13-8-4-5-9-14(13)16(23)17(15)25;1-12-7-3-2-5(8(10)11)4-6(7)9/h2-11,25H,23H2,1H3,(H,24,26);2-4H,9H2,1H3,(H2,10,11)/b3-2-,10-6+,12-7+;. The Morgan fingerprint density at radius 1 is 1.03 bits per heavy atom. The van der Waals surface area contributed by atoms with Crippen LogP contribution in [0.2, 0.25) is 0 Å². The van der Waals surface area contributed by atoms with Crippen LogP contribution in [0.4, 0.5) is 24.5 Å². The smallest absolute Gasteiger partial charge is 0.412 e. The summed E-state index contributed by atoms with van der Waals surface area (Å²) in [6, 6.07) is 13.2. The van der Waals surface area contributed by atoms with Gasteiger partial charge in [0.25, 0.3) is 5.91 Å². The third-order valence-electron chi connectivity index (χ3n) is 5.15. The van der Waals surface area contributed by atoms with Crippen LogP contribution in [0.15, 0.2) is 84.6 Å². The third kappa shape index (κ3) is 7.79. The van der Waals surface area contributed by atoms with Crippen LogP contribution in [0.25, 0.3) is 10.8 Å². The van der Waals surface area contributed by atoms with Crippen molar-refractivity contribution in [2.24, 2.45) is 5.73 Å². The second-order valence-corrected chi connectivity index (χ2v) is 7.79. The van der Waals surface area contributed by atoms with Gasteiger partial charge in [-0.2, -0.15) is 13.2 Å². The Bertz CT molecular complexity index is 1410. The molecule has 0 fully saturated rings. The van der Waals surface area contributed by atoms with Crippen molar-refractivity contribution >= 4 is 34.0 Å². The quantitative estimate of drug-likeness (QED) is 0.176. The number of nitrogens with one attached hydrogen (secondary N) is 1. The second kappa shape index (κ2) is 12.9. The van der Waals surface area contributed by atoms with Crippen molar-refractivity contribution in [3.8, 4) is 11.5 Å². The van der Waals surface area contributed by atoms with Crippen LogP contribution in [0.1, 0.15) is 27.6 Å². The van der Waals surface area contributed by atoms with E-state index in [9.17, 15) is 27.9 Å². The molecule has 0 aliphatic rings. The van der Waals surface area contributed by atoms with Gasteiger partial charge in [-0.15, -0.1) is 0 Å². The molecule has 8 nitrogen and oxygen atoms in total. The van der Waals surface area contributed by atoms with Crippen molar-refractivity contribution in [3.05, 3.63) is 95.7 Å². The van der Waals surface area contributed by atoms with E-state index in [1.165, 1.54) is 43.7 Å². The predicted molar refractivity (Wildman–Crippen MR) is 142 cm³/mol. The minimum atomic E-state index is -4.37. The molecule has 0 spiro atoms. The number of ether oxygens (including phenoxy) is 1. The Labute approximate surface area is 216 Å². The number of aromatic hydroxyl groups is 1. The minimum absolute atomic E-state index is 0.00245. The molecule has 0 unspecified atom stereocenters. The van der Waals surface area contributed by atoms with Crippen molar-refractivity contribution in [1.29, 1.82) is 0 Å². The van der Waals surface area contributed by atoms with Gasteiger partial charge in [-0.05, 0) is 42.7 Å². The van der Waals surface area contributed by atoms with Gasteiger partial charge in [-0.3, -0.25) is 9.59 Å². The second-order valence-electron chi connectivity index (χ2n) is 7.79. The number of hydrogen-bond donors (Lipinski definition) is 5. The summed E-state index contributed by atoms with van der Waals surface area (Å²) in [6.07, 6.45) is 1.71. The number of methoxy groups -OCH3 is 1. The van der Waals surface area contributed by atoms with Crippen LogP contribution in [-0.2, 0) is 0 Å². The molecule has 0 saturated carbocycles. The summed E-state index contributed by atoms with van der Waals surface area (Å²) in [7, 11) is 1.51. The molecule has 0 aliphatic carbocycles. The molecule has 11 heteroatoms. The fourth-order valence-electron chi connectivity index (χ4n) is 3.04. The van der Waals surface area contributed by atoms with Crippen LogP contribution in [0.5, 0.6) is 11.5 Å². The van der Waals surface area contributed by atoms with E-state index in [0.29, 0.717) is 27.8 Å². The first-order chi connectivity index (χ1) is 17.9. The van der Waals surface area contributed by atoms with Gasteiger partial charge in [0, 0.05) is 22.7 Å². The third-order valence-corrected chi connectivity index (χ3v) is 5.15. The maximum atomic E-state index is 12.3. The number of fused-ring (bicyclic) bond motifs is 1. The average Bonchev–Trinajstić information content (AvgIpc) is 2.87. The van der Waals surface area contributed by atoms with Gasteiger partial charge in [-0.1, -0.05) is 42.5 Å². The van der Waals surface area contributed by atoms with Gasteiger partial charge in [0.15, 0.2) is 5.75 Å². The van der Waals surface area contributed by atoms with Gasteiger partial charge in [0.1, 0.15) is 5.75 Å². The number of hydrogen-bond acceptors (Lipinski definition) is 6. The molecular formula is C27H27F3N4O4.